The molecule has 8 heteroatoms. The maximum absolute atomic E-state index is 14.4. The highest BCUT2D eigenvalue weighted by atomic mass is 19.1. The number of halogens is 2. The Bertz CT molecular complexity index is 1270. The molecule has 5 N–H and O–H groups in total. The van der Waals surface area contributed by atoms with Gasteiger partial charge in [0.25, 0.3) is 0 Å². The predicted molar refractivity (Wildman–Crippen MR) is 128 cm³/mol. The zero-order chi connectivity index (χ0) is 23.8. The van der Waals surface area contributed by atoms with Gasteiger partial charge in [0.15, 0.2) is 11.6 Å². The summed E-state index contributed by atoms with van der Waals surface area (Å²) >= 11 is 0. The molecule has 0 unspecified atom stereocenters. The number of hydrogen-bond acceptors (Lipinski definition) is 6. The average Bonchev–Trinajstić information content (AvgIpc) is 3.65. The van der Waals surface area contributed by atoms with Gasteiger partial charge in [-0.15, -0.1) is 0 Å². The number of hydrogen-bond donors (Lipinski definition) is 3. The maximum atomic E-state index is 14.4. The maximum Gasteiger partial charge on any atom is 0.166 e. The van der Waals surface area contributed by atoms with Gasteiger partial charge in [-0.25, -0.2) is 13.8 Å². The van der Waals surface area contributed by atoms with Crippen LogP contribution in [0, 0.1) is 17.6 Å². The van der Waals surface area contributed by atoms with Crippen molar-refractivity contribution < 1.29 is 13.5 Å². The number of nitrogen functional groups attached to an aromatic ring is 1. The molecule has 2 bridgehead atoms. The number of aromatic nitrogens is 2. The molecule has 6 nitrogen and oxygen atoms in total. The van der Waals surface area contributed by atoms with E-state index in [-0.39, 0.29) is 12.4 Å². The molecular formula is C26H27F2N5O. The highest BCUT2D eigenvalue weighted by molar-refractivity contribution is 5.74. The molecule has 0 saturated heterocycles. The molecule has 176 valence electrons. The predicted octanol–water partition coefficient (Wildman–Crippen LogP) is 4.37. The van der Waals surface area contributed by atoms with E-state index in [1.54, 1.807) is 19.2 Å². The number of rotatable bonds is 4. The average molecular weight is 464 g/mol. The van der Waals surface area contributed by atoms with Crippen molar-refractivity contribution in [2.45, 2.75) is 32.3 Å². The van der Waals surface area contributed by atoms with Crippen LogP contribution in [0.25, 0.3) is 16.8 Å². The van der Waals surface area contributed by atoms with Gasteiger partial charge < -0.3 is 21.5 Å². The van der Waals surface area contributed by atoms with Gasteiger partial charge in [0.05, 0.1) is 11.9 Å². The molecule has 2 aromatic heterocycles. The number of fused-ring (bicyclic) bond motifs is 5. The molecule has 2 aliphatic rings. The second-order valence-electron chi connectivity index (χ2n) is 8.93. The number of pyridine rings is 2. The molecule has 0 spiro atoms. The lowest BCUT2D eigenvalue weighted by molar-refractivity contribution is 0.227. The first-order valence-electron chi connectivity index (χ1n) is 11.5. The van der Waals surface area contributed by atoms with Crippen molar-refractivity contribution in [3.63, 3.8) is 0 Å². The molecular weight excluding hydrogens is 436 g/mol. The second-order valence-corrected chi connectivity index (χ2v) is 8.93. The molecule has 3 aromatic rings. The molecule has 0 amide bonds. The van der Waals surface area contributed by atoms with Gasteiger partial charge in [0.2, 0.25) is 0 Å². The van der Waals surface area contributed by atoms with Crippen LogP contribution >= 0.6 is 0 Å². The molecule has 1 saturated carbocycles. The Morgan fingerprint density at radius 1 is 1.06 bits per heavy atom. The minimum atomic E-state index is -0.582. The molecule has 3 heterocycles. The topological polar surface area (TPSA) is 99.1 Å². The lowest BCUT2D eigenvalue weighted by Crippen LogP contribution is -2.22. The van der Waals surface area contributed by atoms with E-state index < -0.39 is 17.7 Å². The number of nitrogens with zero attached hydrogens (tertiary/aromatic N) is 2. The molecule has 5 rings (SSSR count). The Balaban J connectivity index is 1.74. The third-order valence-electron chi connectivity index (χ3n) is 6.40. The number of nitrogens with two attached hydrogens (primary N) is 2. The third kappa shape index (κ3) is 4.46. The van der Waals surface area contributed by atoms with Crippen molar-refractivity contribution >= 4 is 11.5 Å². The van der Waals surface area contributed by atoms with Crippen LogP contribution in [0.1, 0.15) is 42.7 Å². The summed E-state index contributed by atoms with van der Waals surface area (Å²) in [7, 11) is 0. The zero-order valence-electron chi connectivity index (χ0n) is 18.9. The lowest BCUT2D eigenvalue weighted by atomic mass is 9.92. The summed E-state index contributed by atoms with van der Waals surface area (Å²) in [5, 5.41) is 3.56. The third-order valence-corrected chi connectivity index (χ3v) is 6.40. The number of anilines is 1. The van der Waals surface area contributed by atoms with Crippen molar-refractivity contribution in [1.82, 2.24) is 15.3 Å². The van der Waals surface area contributed by atoms with Gasteiger partial charge in [-0.1, -0.05) is 6.07 Å². The van der Waals surface area contributed by atoms with E-state index in [4.69, 9.17) is 16.2 Å². The van der Waals surface area contributed by atoms with Crippen molar-refractivity contribution in [2.75, 3.05) is 18.8 Å². The monoisotopic (exact) mass is 463 g/mol. The van der Waals surface area contributed by atoms with Crippen LogP contribution in [0.2, 0.25) is 0 Å². The van der Waals surface area contributed by atoms with Crippen LogP contribution in [-0.2, 0) is 6.42 Å². The van der Waals surface area contributed by atoms with Crippen LogP contribution in [0.4, 0.5) is 14.6 Å². The largest absolute Gasteiger partial charge is 0.482 e. The van der Waals surface area contributed by atoms with Gasteiger partial charge >= 0.3 is 0 Å². The Kier molecular flexibility index (Phi) is 5.91. The van der Waals surface area contributed by atoms with Gasteiger partial charge in [0, 0.05) is 48.1 Å². The van der Waals surface area contributed by atoms with Gasteiger partial charge in [0.1, 0.15) is 17.7 Å². The second kappa shape index (κ2) is 9.02. The van der Waals surface area contributed by atoms with E-state index >= 15 is 0 Å². The van der Waals surface area contributed by atoms with Crippen molar-refractivity contribution in [1.29, 1.82) is 0 Å². The quantitative estimate of drug-likeness (QED) is 0.532. The Morgan fingerprint density at radius 2 is 1.88 bits per heavy atom. The van der Waals surface area contributed by atoms with Gasteiger partial charge in [-0.3, -0.25) is 4.98 Å². The van der Waals surface area contributed by atoms with Crippen molar-refractivity contribution in [3.8, 4) is 16.9 Å². The van der Waals surface area contributed by atoms with E-state index in [1.165, 1.54) is 37.2 Å². The summed E-state index contributed by atoms with van der Waals surface area (Å²) in [6.07, 6.45) is 5.09. The first-order valence-corrected chi connectivity index (χ1v) is 11.5. The zero-order valence-corrected chi connectivity index (χ0v) is 18.9. The summed E-state index contributed by atoms with van der Waals surface area (Å²) < 4.78 is 34.8. The summed E-state index contributed by atoms with van der Waals surface area (Å²) in [4.78, 5) is 8.77. The smallest absolute Gasteiger partial charge is 0.166 e. The van der Waals surface area contributed by atoms with E-state index in [1.807, 2.05) is 6.07 Å². The summed E-state index contributed by atoms with van der Waals surface area (Å²) in [5.41, 5.74) is 17.3. The Labute approximate surface area is 197 Å². The van der Waals surface area contributed by atoms with E-state index in [2.05, 4.69) is 15.3 Å². The van der Waals surface area contributed by atoms with E-state index in [0.29, 0.717) is 40.5 Å². The molecule has 34 heavy (non-hydrogen) atoms. The molecule has 1 aliphatic carbocycles. The van der Waals surface area contributed by atoms with Crippen LogP contribution in [0.5, 0.6) is 5.75 Å². The van der Waals surface area contributed by atoms with Crippen LogP contribution in [-0.4, -0.2) is 23.1 Å². The molecule has 1 aromatic carbocycles. The molecule has 1 atom stereocenters. The van der Waals surface area contributed by atoms with Crippen molar-refractivity contribution in [3.05, 3.63) is 76.8 Å². The molecule has 1 fully saturated rings. The fourth-order valence-electron chi connectivity index (χ4n) is 4.36. The SMILES string of the molecule is C[C@H]1Oc2cc(cnc2N)/C(NCC2CC2)=C(/CN)Cc2ncc(F)cc2-c2ccc(F)cc21. The summed E-state index contributed by atoms with van der Waals surface area (Å²) in [6.45, 7) is 2.89. The fraction of sp³-hybridized carbons (Fsp3) is 0.308. The van der Waals surface area contributed by atoms with E-state index in [0.717, 1.165) is 23.4 Å². The molecule has 0 radical (unpaired) electrons. The van der Waals surface area contributed by atoms with Crippen LogP contribution < -0.4 is 21.5 Å². The Hall–Kier alpha value is -3.52. The fourth-order valence-corrected chi connectivity index (χ4v) is 4.36. The molecule has 1 aliphatic heterocycles. The highest BCUT2D eigenvalue weighted by Gasteiger charge is 2.25. The Morgan fingerprint density at radius 3 is 2.65 bits per heavy atom. The minimum absolute atomic E-state index is 0.231. The van der Waals surface area contributed by atoms with Crippen LogP contribution in [0.15, 0.2) is 48.3 Å². The van der Waals surface area contributed by atoms with Crippen molar-refractivity contribution in [2.24, 2.45) is 11.7 Å². The summed E-state index contributed by atoms with van der Waals surface area (Å²) in [6, 6.07) is 7.65. The number of ether oxygens (including phenoxy) is 1. The standard InChI is InChI=1S/C26H27F2N5O/c1-14-21-8-18(27)4-5-20(21)22-9-19(28)13-31-23(22)6-16(10-29)25(32-11-15-2-3-15)17-7-24(34-14)26(30)33-12-17/h4-5,7-9,12-15,32H,2-3,6,10-11,29H2,1H3,(H2,30,33)/b25-16-/t14-/m1/s1. The first kappa shape index (κ1) is 22.3. The normalized spacial score (nSPS) is 19.8. The van der Waals surface area contributed by atoms with Gasteiger partial charge in [-0.05, 0) is 61.1 Å². The van der Waals surface area contributed by atoms with Gasteiger partial charge in [-0.2, -0.15) is 0 Å². The minimum Gasteiger partial charge on any atom is -0.482 e. The highest BCUT2D eigenvalue weighted by Crippen LogP contribution is 2.37. The number of benzene rings is 1. The number of nitrogens with one attached hydrogen (secondary N) is 1. The summed E-state index contributed by atoms with van der Waals surface area (Å²) in [5.74, 6) is 0.363. The van der Waals surface area contributed by atoms with Crippen LogP contribution in [0.3, 0.4) is 0 Å². The van der Waals surface area contributed by atoms with E-state index in [9.17, 15) is 8.78 Å². The lowest BCUT2D eigenvalue weighted by Gasteiger charge is -2.24. The first-order chi connectivity index (χ1) is 16.4.